The van der Waals surface area contributed by atoms with Crippen molar-refractivity contribution in [3.63, 3.8) is 0 Å². The Kier molecular flexibility index (Phi) is 3.98. The van der Waals surface area contributed by atoms with Crippen molar-refractivity contribution >= 4 is 33.8 Å². The molecule has 0 radical (unpaired) electrons. The van der Waals surface area contributed by atoms with Crippen LogP contribution in [-0.2, 0) is 0 Å². The molecule has 110 valence electrons. The third-order valence-electron chi connectivity index (χ3n) is 3.51. The molecule has 0 aliphatic carbocycles. The SMILES string of the molecule is CC(=NNc1ccccc1Cl)c1ccc2ccccc2c1O. The lowest BCUT2D eigenvalue weighted by molar-refractivity contribution is 0.480. The number of nitrogens with one attached hydrogen (secondary N) is 1. The van der Waals surface area contributed by atoms with Crippen molar-refractivity contribution in [1.29, 1.82) is 0 Å². The molecule has 0 unspecified atom stereocenters. The zero-order chi connectivity index (χ0) is 15.5. The summed E-state index contributed by atoms with van der Waals surface area (Å²) in [5.74, 6) is 0.236. The maximum Gasteiger partial charge on any atom is 0.132 e. The Hall–Kier alpha value is -2.52. The van der Waals surface area contributed by atoms with Crippen LogP contribution < -0.4 is 5.43 Å². The minimum Gasteiger partial charge on any atom is -0.507 e. The van der Waals surface area contributed by atoms with Crippen LogP contribution in [0.5, 0.6) is 5.75 Å². The molecule has 0 spiro atoms. The Labute approximate surface area is 133 Å². The number of aromatic hydroxyl groups is 1. The van der Waals surface area contributed by atoms with Crippen LogP contribution >= 0.6 is 11.6 Å². The van der Waals surface area contributed by atoms with Gasteiger partial charge in [0.15, 0.2) is 0 Å². The van der Waals surface area contributed by atoms with E-state index in [4.69, 9.17) is 11.6 Å². The van der Waals surface area contributed by atoms with E-state index in [0.29, 0.717) is 16.3 Å². The minimum atomic E-state index is 0.236. The summed E-state index contributed by atoms with van der Waals surface area (Å²) >= 11 is 6.08. The molecule has 0 atom stereocenters. The topological polar surface area (TPSA) is 44.6 Å². The fraction of sp³-hybridized carbons (Fsp3) is 0.0556. The lowest BCUT2D eigenvalue weighted by Crippen LogP contribution is -2.00. The van der Waals surface area contributed by atoms with Crippen molar-refractivity contribution < 1.29 is 5.11 Å². The monoisotopic (exact) mass is 310 g/mol. The standard InChI is InChI=1S/C18H15ClN2O/c1-12(20-21-17-9-5-4-8-16(17)19)14-11-10-13-6-2-3-7-15(13)18(14)22/h2-11,21-22H,1H3. The molecule has 0 amide bonds. The molecule has 0 heterocycles. The van der Waals surface area contributed by atoms with Gasteiger partial charge < -0.3 is 5.11 Å². The van der Waals surface area contributed by atoms with Gasteiger partial charge in [0.25, 0.3) is 0 Å². The number of para-hydroxylation sites is 1. The van der Waals surface area contributed by atoms with E-state index >= 15 is 0 Å². The van der Waals surface area contributed by atoms with Crippen molar-refractivity contribution in [1.82, 2.24) is 0 Å². The van der Waals surface area contributed by atoms with Gasteiger partial charge in [0.1, 0.15) is 5.75 Å². The van der Waals surface area contributed by atoms with Crippen LogP contribution in [0.15, 0.2) is 65.8 Å². The van der Waals surface area contributed by atoms with Gasteiger partial charge in [-0.25, -0.2) is 0 Å². The van der Waals surface area contributed by atoms with Crippen LogP contribution in [-0.4, -0.2) is 10.8 Å². The second kappa shape index (κ2) is 6.08. The van der Waals surface area contributed by atoms with Crippen molar-refractivity contribution in [3.05, 3.63) is 71.2 Å². The summed E-state index contributed by atoms with van der Waals surface area (Å²) in [7, 11) is 0. The first-order valence-corrected chi connectivity index (χ1v) is 7.30. The predicted octanol–water partition coefficient (Wildman–Crippen LogP) is 5.03. The van der Waals surface area contributed by atoms with Gasteiger partial charge in [-0.2, -0.15) is 5.10 Å². The highest BCUT2D eigenvalue weighted by atomic mass is 35.5. The molecular formula is C18H15ClN2O. The summed E-state index contributed by atoms with van der Waals surface area (Å²) in [5, 5.41) is 17.2. The molecule has 0 aromatic heterocycles. The second-order valence-corrected chi connectivity index (χ2v) is 5.38. The lowest BCUT2D eigenvalue weighted by Gasteiger charge is -2.09. The number of hydrogen-bond acceptors (Lipinski definition) is 3. The van der Waals surface area contributed by atoms with E-state index in [1.165, 1.54) is 0 Å². The van der Waals surface area contributed by atoms with E-state index in [-0.39, 0.29) is 5.75 Å². The number of fused-ring (bicyclic) bond motifs is 1. The van der Waals surface area contributed by atoms with Crippen molar-refractivity contribution in [3.8, 4) is 5.75 Å². The van der Waals surface area contributed by atoms with Crippen LogP contribution in [0.1, 0.15) is 12.5 Å². The molecule has 2 N–H and O–H groups in total. The highest BCUT2D eigenvalue weighted by Gasteiger charge is 2.08. The summed E-state index contributed by atoms with van der Waals surface area (Å²) in [6.45, 7) is 1.84. The van der Waals surface area contributed by atoms with Crippen molar-refractivity contribution in [2.75, 3.05) is 5.43 Å². The molecule has 0 bridgehead atoms. The van der Waals surface area contributed by atoms with Gasteiger partial charge in [-0.1, -0.05) is 54.1 Å². The maximum atomic E-state index is 10.4. The van der Waals surface area contributed by atoms with Crippen molar-refractivity contribution in [2.45, 2.75) is 6.92 Å². The average molecular weight is 311 g/mol. The highest BCUT2D eigenvalue weighted by Crippen LogP contribution is 2.29. The zero-order valence-corrected chi connectivity index (χ0v) is 12.8. The molecule has 0 fully saturated rings. The maximum absolute atomic E-state index is 10.4. The molecule has 0 aliphatic rings. The number of halogens is 1. The fourth-order valence-corrected chi connectivity index (χ4v) is 2.48. The molecule has 3 rings (SSSR count). The smallest absolute Gasteiger partial charge is 0.132 e. The zero-order valence-electron chi connectivity index (χ0n) is 12.0. The van der Waals surface area contributed by atoms with Crippen molar-refractivity contribution in [2.24, 2.45) is 5.10 Å². The number of benzene rings is 3. The molecule has 0 saturated carbocycles. The molecule has 0 saturated heterocycles. The molecular weight excluding hydrogens is 296 g/mol. The first-order chi connectivity index (χ1) is 10.7. The fourth-order valence-electron chi connectivity index (χ4n) is 2.30. The van der Waals surface area contributed by atoms with Gasteiger partial charge in [0, 0.05) is 10.9 Å². The van der Waals surface area contributed by atoms with E-state index in [1.807, 2.05) is 61.5 Å². The first-order valence-electron chi connectivity index (χ1n) is 6.93. The molecule has 4 heteroatoms. The second-order valence-electron chi connectivity index (χ2n) is 4.97. The minimum absolute atomic E-state index is 0.236. The summed E-state index contributed by atoms with van der Waals surface area (Å²) in [6, 6.07) is 18.9. The molecule has 22 heavy (non-hydrogen) atoms. The van der Waals surface area contributed by atoms with Crippen LogP contribution in [0.2, 0.25) is 5.02 Å². The van der Waals surface area contributed by atoms with Gasteiger partial charge in [-0.3, -0.25) is 5.43 Å². The summed E-state index contributed by atoms with van der Waals surface area (Å²) in [5.41, 5.74) is 5.03. The van der Waals surface area contributed by atoms with E-state index in [1.54, 1.807) is 6.07 Å². The number of phenols is 1. The quantitative estimate of drug-likeness (QED) is 0.526. The number of hydrazone groups is 1. The van der Waals surface area contributed by atoms with E-state index in [0.717, 1.165) is 16.5 Å². The van der Waals surface area contributed by atoms with Crippen LogP contribution in [0, 0.1) is 0 Å². The van der Waals surface area contributed by atoms with E-state index < -0.39 is 0 Å². The van der Waals surface area contributed by atoms with Gasteiger partial charge in [0.05, 0.1) is 16.4 Å². The molecule has 3 aromatic rings. The Balaban J connectivity index is 1.95. The normalized spacial score (nSPS) is 11.6. The van der Waals surface area contributed by atoms with E-state index in [2.05, 4.69) is 10.5 Å². The third-order valence-corrected chi connectivity index (χ3v) is 3.84. The van der Waals surface area contributed by atoms with E-state index in [9.17, 15) is 5.11 Å². The molecule has 3 nitrogen and oxygen atoms in total. The first kappa shape index (κ1) is 14.4. The predicted molar refractivity (Wildman–Crippen MR) is 92.9 cm³/mol. The number of phenolic OH excluding ortho intramolecular Hbond substituents is 1. The summed E-state index contributed by atoms with van der Waals surface area (Å²) in [6.07, 6.45) is 0. The van der Waals surface area contributed by atoms with Gasteiger partial charge in [0.2, 0.25) is 0 Å². The van der Waals surface area contributed by atoms with Crippen LogP contribution in [0.4, 0.5) is 5.69 Å². The molecule has 3 aromatic carbocycles. The Morgan fingerprint density at radius 3 is 2.55 bits per heavy atom. The number of anilines is 1. The van der Waals surface area contributed by atoms with Gasteiger partial charge >= 0.3 is 0 Å². The third kappa shape index (κ3) is 2.76. The van der Waals surface area contributed by atoms with Crippen LogP contribution in [0.25, 0.3) is 10.8 Å². The highest BCUT2D eigenvalue weighted by molar-refractivity contribution is 6.33. The van der Waals surface area contributed by atoms with Gasteiger partial charge in [-0.15, -0.1) is 0 Å². The number of nitrogens with zero attached hydrogens (tertiary/aromatic N) is 1. The van der Waals surface area contributed by atoms with Crippen LogP contribution in [0.3, 0.4) is 0 Å². The molecule has 0 aliphatic heterocycles. The average Bonchev–Trinajstić information content (AvgIpc) is 2.54. The number of rotatable bonds is 3. The summed E-state index contributed by atoms with van der Waals surface area (Å²) < 4.78 is 0. The largest absolute Gasteiger partial charge is 0.507 e. The lowest BCUT2D eigenvalue weighted by atomic mass is 10.0. The Morgan fingerprint density at radius 1 is 1.00 bits per heavy atom. The van der Waals surface area contributed by atoms with Gasteiger partial charge in [-0.05, 0) is 30.5 Å². The Morgan fingerprint density at radius 2 is 1.73 bits per heavy atom. The summed E-state index contributed by atoms with van der Waals surface area (Å²) in [4.78, 5) is 0. The Bertz CT molecular complexity index is 859. The number of hydrogen-bond donors (Lipinski definition) is 2.